The van der Waals surface area contributed by atoms with Crippen LogP contribution in [0.1, 0.15) is 45.9 Å². The van der Waals surface area contributed by atoms with E-state index in [9.17, 15) is 0 Å². The van der Waals surface area contributed by atoms with E-state index in [2.05, 4.69) is 134 Å². The smallest absolute Gasteiger partial charge is 0.169 e. The SMILES string of the molecule is CCc1cccc2c3c(ccc12)[C@]1(OC3)S[C@H](COCc2ccccc2)[C@@H](OCc2ccccc2)[C@H](OCc2ccccc2)[C@H]1OCc1ccccc1. The third-order valence-corrected chi connectivity index (χ3v) is 12.0. The first kappa shape index (κ1) is 35.7. The Hall–Kier alpha value is -4.27. The fourth-order valence-corrected chi connectivity index (χ4v) is 9.47. The summed E-state index contributed by atoms with van der Waals surface area (Å²) in [5.41, 5.74) is 8.11. The van der Waals surface area contributed by atoms with Crippen LogP contribution < -0.4 is 0 Å². The normalized spacial score (nSPS) is 22.3. The molecule has 2 aliphatic rings. The zero-order valence-corrected chi connectivity index (χ0v) is 31.0. The second kappa shape index (κ2) is 16.8. The Morgan fingerprint density at radius 2 is 1.11 bits per heavy atom. The van der Waals surface area contributed by atoms with Gasteiger partial charge in [-0.3, -0.25) is 0 Å². The summed E-state index contributed by atoms with van der Waals surface area (Å²) in [6.45, 7) is 4.90. The maximum absolute atomic E-state index is 7.17. The number of thioether (sulfide) groups is 1. The molecule has 0 unspecified atom stereocenters. The number of ether oxygens (including phenoxy) is 5. The summed E-state index contributed by atoms with van der Waals surface area (Å²) in [6, 6.07) is 52.6. The monoisotopic (exact) mass is 722 g/mol. The van der Waals surface area contributed by atoms with Gasteiger partial charge in [-0.1, -0.05) is 159 Å². The minimum Gasteiger partial charge on any atom is -0.376 e. The Balaban J connectivity index is 1.22. The fourth-order valence-electron chi connectivity index (χ4n) is 7.70. The molecule has 0 bridgehead atoms. The highest BCUT2D eigenvalue weighted by atomic mass is 32.2. The van der Waals surface area contributed by atoms with Crippen LogP contribution in [-0.2, 0) is 68.1 Å². The number of rotatable bonds is 14. The van der Waals surface area contributed by atoms with Gasteiger partial charge in [0.25, 0.3) is 0 Å². The van der Waals surface area contributed by atoms with Gasteiger partial charge in [0.05, 0.1) is 44.9 Å². The molecule has 270 valence electrons. The van der Waals surface area contributed by atoms with Gasteiger partial charge < -0.3 is 23.7 Å². The van der Waals surface area contributed by atoms with Gasteiger partial charge in [-0.2, -0.15) is 0 Å². The first-order valence-corrected chi connectivity index (χ1v) is 19.5. The number of hydrogen-bond donors (Lipinski definition) is 0. The van der Waals surface area contributed by atoms with Crippen molar-refractivity contribution in [1.29, 1.82) is 0 Å². The Labute approximate surface area is 317 Å². The van der Waals surface area contributed by atoms with Crippen LogP contribution in [0.25, 0.3) is 10.8 Å². The summed E-state index contributed by atoms with van der Waals surface area (Å²) in [6.07, 6.45) is -0.393. The van der Waals surface area contributed by atoms with Gasteiger partial charge in [0.1, 0.15) is 18.3 Å². The van der Waals surface area contributed by atoms with Crippen molar-refractivity contribution in [2.24, 2.45) is 0 Å². The van der Waals surface area contributed by atoms with Crippen molar-refractivity contribution in [2.45, 2.75) is 74.9 Å². The van der Waals surface area contributed by atoms with E-state index >= 15 is 0 Å². The molecule has 5 atom stereocenters. The lowest BCUT2D eigenvalue weighted by Crippen LogP contribution is -2.61. The minimum absolute atomic E-state index is 0.136. The Morgan fingerprint density at radius 3 is 1.70 bits per heavy atom. The van der Waals surface area contributed by atoms with E-state index in [0.29, 0.717) is 39.6 Å². The van der Waals surface area contributed by atoms with Crippen molar-refractivity contribution in [2.75, 3.05) is 6.61 Å². The molecule has 0 aliphatic carbocycles. The van der Waals surface area contributed by atoms with Crippen LogP contribution in [0.5, 0.6) is 0 Å². The molecule has 8 rings (SSSR count). The molecule has 5 nitrogen and oxygen atoms in total. The highest BCUT2D eigenvalue weighted by Gasteiger charge is 2.60. The van der Waals surface area contributed by atoms with Crippen LogP contribution in [0.4, 0.5) is 0 Å². The Bertz CT molecular complexity index is 2060. The molecule has 0 aromatic heterocycles. The predicted octanol–water partition coefficient (Wildman–Crippen LogP) is 10.2. The van der Waals surface area contributed by atoms with E-state index in [1.54, 1.807) is 11.8 Å². The second-order valence-corrected chi connectivity index (χ2v) is 15.3. The van der Waals surface area contributed by atoms with Crippen LogP contribution >= 0.6 is 11.8 Å². The minimum atomic E-state index is -0.866. The molecular formula is C47H46O5S. The number of aryl methyl sites for hydroxylation is 1. The van der Waals surface area contributed by atoms with E-state index in [1.165, 1.54) is 21.9 Å². The molecule has 0 N–H and O–H groups in total. The topological polar surface area (TPSA) is 46.2 Å². The Morgan fingerprint density at radius 1 is 0.566 bits per heavy atom. The average molecular weight is 723 g/mol. The zero-order chi connectivity index (χ0) is 35.9. The van der Waals surface area contributed by atoms with Crippen LogP contribution in [0.2, 0.25) is 0 Å². The van der Waals surface area contributed by atoms with Gasteiger partial charge in [0.2, 0.25) is 0 Å². The first-order chi connectivity index (χ1) is 26.2. The standard InChI is InChI=1S/C47H46O5S/c1-2-38-24-15-25-40-39(38)26-27-42-41(40)32-52-47(42)46(51-31-37-22-13-6-14-23-37)45(50-30-36-20-11-5-12-21-36)44(49-29-35-18-9-4-10-19-35)43(53-47)33-48-28-34-16-7-3-8-17-34/h3-27,43-46H,2,28-33H2,1H3/t43-,44-,45+,46-,47+/m1/s1. The molecule has 6 heteroatoms. The number of fused-ring (bicyclic) bond motifs is 4. The molecule has 6 aromatic rings. The molecule has 0 radical (unpaired) electrons. The lowest BCUT2D eigenvalue weighted by Gasteiger charge is -2.50. The van der Waals surface area contributed by atoms with Crippen LogP contribution in [0.15, 0.2) is 152 Å². The van der Waals surface area contributed by atoms with Crippen LogP contribution in [0, 0.1) is 0 Å². The molecule has 1 fully saturated rings. The second-order valence-electron chi connectivity index (χ2n) is 13.8. The molecule has 6 aromatic carbocycles. The van der Waals surface area contributed by atoms with Gasteiger partial charge in [0, 0.05) is 5.56 Å². The van der Waals surface area contributed by atoms with Crippen molar-refractivity contribution in [1.82, 2.24) is 0 Å². The lowest BCUT2D eigenvalue weighted by molar-refractivity contribution is -0.207. The van der Waals surface area contributed by atoms with Crippen molar-refractivity contribution >= 4 is 22.5 Å². The van der Waals surface area contributed by atoms with Gasteiger partial charge in [-0.15, -0.1) is 11.8 Å². The summed E-state index contributed by atoms with van der Waals surface area (Å²) in [5.74, 6) is 0. The molecule has 2 aliphatic heterocycles. The molecule has 2 heterocycles. The summed E-state index contributed by atoms with van der Waals surface area (Å²) in [7, 11) is 0. The van der Waals surface area contributed by atoms with Gasteiger partial charge >= 0.3 is 0 Å². The van der Waals surface area contributed by atoms with Crippen LogP contribution in [-0.4, -0.2) is 30.2 Å². The van der Waals surface area contributed by atoms with E-state index in [1.807, 2.05) is 24.3 Å². The number of benzene rings is 6. The quantitative estimate of drug-likeness (QED) is 0.112. The van der Waals surface area contributed by atoms with Gasteiger partial charge in [-0.25, -0.2) is 0 Å². The van der Waals surface area contributed by atoms with Gasteiger partial charge in [0.15, 0.2) is 4.93 Å². The summed E-state index contributed by atoms with van der Waals surface area (Å²) in [4.78, 5) is -0.866. The maximum Gasteiger partial charge on any atom is 0.169 e. The molecule has 0 saturated carbocycles. The Kier molecular flexibility index (Phi) is 11.3. The fraction of sp³-hybridized carbons (Fsp3) is 0.277. The lowest BCUT2D eigenvalue weighted by atomic mass is 9.89. The van der Waals surface area contributed by atoms with Crippen molar-refractivity contribution < 1.29 is 23.7 Å². The van der Waals surface area contributed by atoms with E-state index in [4.69, 9.17) is 23.7 Å². The van der Waals surface area contributed by atoms with E-state index in [0.717, 1.165) is 34.2 Å². The van der Waals surface area contributed by atoms with Crippen molar-refractivity contribution in [3.05, 3.63) is 191 Å². The third-order valence-electron chi connectivity index (χ3n) is 10.4. The van der Waals surface area contributed by atoms with Crippen molar-refractivity contribution in [3.63, 3.8) is 0 Å². The van der Waals surface area contributed by atoms with Gasteiger partial charge in [-0.05, 0) is 50.6 Å². The number of hydrogen-bond acceptors (Lipinski definition) is 6. The molecule has 53 heavy (non-hydrogen) atoms. The third kappa shape index (κ3) is 7.85. The first-order valence-electron chi connectivity index (χ1n) is 18.7. The summed E-state index contributed by atoms with van der Waals surface area (Å²) < 4.78 is 35.0. The molecular weight excluding hydrogens is 677 g/mol. The average Bonchev–Trinajstić information content (AvgIpc) is 3.59. The largest absolute Gasteiger partial charge is 0.376 e. The van der Waals surface area contributed by atoms with E-state index in [-0.39, 0.29) is 11.4 Å². The van der Waals surface area contributed by atoms with Crippen molar-refractivity contribution in [3.8, 4) is 0 Å². The zero-order valence-electron chi connectivity index (χ0n) is 30.1. The molecule has 1 spiro atoms. The molecule has 1 saturated heterocycles. The summed E-state index contributed by atoms with van der Waals surface area (Å²) >= 11 is 1.77. The maximum atomic E-state index is 7.17. The highest BCUT2D eigenvalue weighted by molar-refractivity contribution is 8.00. The predicted molar refractivity (Wildman–Crippen MR) is 212 cm³/mol. The van der Waals surface area contributed by atoms with E-state index < -0.39 is 17.1 Å². The highest BCUT2D eigenvalue weighted by Crippen LogP contribution is 2.57. The molecule has 0 amide bonds. The van der Waals surface area contributed by atoms with Crippen LogP contribution in [0.3, 0.4) is 0 Å². The summed E-state index contributed by atoms with van der Waals surface area (Å²) in [5, 5.41) is 2.38.